The predicted octanol–water partition coefficient (Wildman–Crippen LogP) is 1.26. The molecule has 0 aliphatic heterocycles. The summed E-state index contributed by atoms with van der Waals surface area (Å²) in [6.45, 7) is 6.74. The number of anilines is 1. The summed E-state index contributed by atoms with van der Waals surface area (Å²) in [7, 11) is 0. The van der Waals surface area contributed by atoms with Crippen LogP contribution >= 0.6 is 0 Å². The van der Waals surface area contributed by atoms with Crippen LogP contribution < -0.4 is 10.6 Å². The SMILES string of the molecule is Cc1ccc(NC(=O)C(=O)NCCCOC(C)C)nc1. The first-order chi connectivity index (χ1) is 9.49. The van der Waals surface area contributed by atoms with Gasteiger partial charge in [0.05, 0.1) is 6.10 Å². The van der Waals surface area contributed by atoms with Crippen LogP contribution in [0.5, 0.6) is 0 Å². The van der Waals surface area contributed by atoms with Crippen LogP contribution in [0.3, 0.4) is 0 Å². The first kappa shape index (κ1) is 16.1. The van der Waals surface area contributed by atoms with Gasteiger partial charge in [0.15, 0.2) is 0 Å². The molecule has 0 aromatic carbocycles. The fourth-order valence-electron chi connectivity index (χ4n) is 1.39. The van der Waals surface area contributed by atoms with Crippen molar-refractivity contribution in [2.75, 3.05) is 18.5 Å². The van der Waals surface area contributed by atoms with Crippen molar-refractivity contribution in [2.24, 2.45) is 0 Å². The van der Waals surface area contributed by atoms with E-state index in [4.69, 9.17) is 4.74 Å². The molecule has 0 atom stereocenters. The van der Waals surface area contributed by atoms with Crippen LogP contribution in [-0.4, -0.2) is 36.1 Å². The number of aromatic nitrogens is 1. The maximum absolute atomic E-state index is 11.6. The molecular weight excluding hydrogens is 258 g/mol. The quantitative estimate of drug-likeness (QED) is 0.607. The Labute approximate surface area is 118 Å². The van der Waals surface area contributed by atoms with Crippen LogP contribution in [0.15, 0.2) is 18.3 Å². The fourth-order valence-corrected chi connectivity index (χ4v) is 1.39. The molecular formula is C14H21N3O3. The first-order valence-corrected chi connectivity index (χ1v) is 6.62. The third kappa shape index (κ3) is 6.29. The van der Waals surface area contributed by atoms with Gasteiger partial charge in [-0.15, -0.1) is 0 Å². The van der Waals surface area contributed by atoms with Crippen molar-refractivity contribution < 1.29 is 14.3 Å². The predicted molar refractivity (Wildman–Crippen MR) is 76.3 cm³/mol. The second kappa shape index (κ2) is 8.27. The van der Waals surface area contributed by atoms with Crippen LogP contribution in [0.25, 0.3) is 0 Å². The van der Waals surface area contributed by atoms with E-state index in [1.807, 2.05) is 26.8 Å². The molecule has 1 aromatic heterocycles. The van der Waals surface area contributed by atoms with Gasteiger partial charge in [0.1, 0.15) is 5.82 Å². The van der Waals surface area contributed by atoms with Crippen molar-refractivity contribution in [3.05, 3.63) is 23.9 Å². The molecule has 0 bridgehead atoms. The summed E-state index contributed by atoms with van der Waals surface area (Å²) in [4.78, 5) is 27.1. The number of carbonyl (C=O) groups is 2. The molecule has 1 aromatic rings. The fraction of sp³-hybridized carbons (Fsp3) is 0.500. The Balaban J connectivity index is 2.25. The minimum atomic E-state index is -0.717. The summed E-state index contributed by atoms with van der Waals surface area (Å²) >= 11 is 0. The number of nitrogens with zero attached hydrogens (tertiary/aromatic N) is 1. The number of amides is 2. The summed E-state index contributed by atoms with van der Waals surface area (Å²) in [6, 6.07) is 3.46. The molecule has 0 spiro atoms. The van der Waals surface area contributed by atoms with Crippen LogP contribution in [0.1, 0.15) is 25.8 Å². The van der Waals surface area contributed by atoms with Gasteiger partial charge in [-0.2, -0.15) is 0 Å². The van der Waals surface area contributed by atoms with Gasteiger partial charge in [-0.3, -0.25) is 9.59 Å². The molecule has 0 aliphatic rings. The highest BCUT2D eigenvalue weighted by atomic mass is 16.5. The summed E-state index contributed by atoms with van der Waals surface area (Å²) < 4.78 is 5.33. The molecule has 0 fully saturated rings. The number of aryl methyl sites for hydroxylation is 1. The third-order valence-corrected chi connectivity index (χ3v) is 2.42. The molecule has 0 unspecified atom stereocenters. The Morgan fingerprint density at radius 2 is 2.05 bits per heavy atom. The molecule has 6 heteroatoms. The largest absolute Gasteiger partial charge is 0.379 e. The maximum Gasteiger partial charge on any atom is 0.314 e. The van der Waals surface area contributed by atoms with Crippen LogP contribution in [0.4, 0.5) is 5.82 Å². The van der Waals surface area contributed by atoms with E-state index in [1.54, 1.807) is 12.3 Å². The molecule has 0 saturated heterocycles. The summed E-state index contributed by atoms with van der Waals surface area (Å²) in [5.41, 5.74) is 0.984. The van der Waals surface area contributed by atoms with E-state index < -0.39 is 11.8 Å². The van der Waals surface area contributed by atoms with Gasteiger partial charge in [0.2, 0.25) is 0 Å². The van der Waals surface area contributed by atoms with Gasteiger partial charge in [-0.05, 0) is 38.8 Å². The lowest BCUT2D eigenvalue weighted by atomic mass is 10.3. The van der Waals surface area contributed by atoms with Gasteiger partial charge < -0.3 is 15.4 Å². The maximum atomic E-state index is 11.6. The highest BCUT2D eigenvalue weighted by Gasteiger charge is 2.13. The normalized spacial score (nSPS) is 10.4. The number of nitrogens with one attached hydrogen (secondary N) is 2. The minimum Gasteiger partial charge on any atom is -0.379 e. The second-order valence-electron chi connectivity index (χ2n) is 4.70. The summed E-state index contributed by atoms with van der Waals surface area (Å²) in [5, 5.41) is 4.96. The summed E-state index contributed by atoms with van der Waals surface area (Å²) in [6.07, 6.45) is 2.46. The molecule has 2 N–H and O–H groups in total. The third-order valence-electron chi connectivity index (χ3n) is 2.42. The second-order valence-corrected chi connectivity index (χ2v) is 4.70. The Bertz CT molecular complexity index is 443. The van der Waals surface area contributed by atoms with E-state index in [0.29, 0.717) is 25.4 Å². The first-order valence-electron chi connectivity index (χ1n) is 6.62. The highest BCUT2D eigenvalue weighted by molar-refractivity contribution is 6.39. The van der Waals surface area contributed by atoms with E-state index in [9.17, 15) is 9.59 Å². The van der Waals surface area contributed by atoms with Gasteiger partial charge in [0, 0.05) is 19.3 Å². The van der Waals surface area contributed by atoms with Crippen molar-refractivity contribution in [3.63, 3.8) is 0 Å². The Hall–Kier alpha value is -1.95. The summed E-state index contributed by atoms with van der Waals surface area (Å²) in [5.74, 6) is -1.03. The number of ether oxygens (including phenoxy) is 1. The average Bonchev–Trinajstić information content (AvgIpc) is 2.40. The van der Waals surface area contributed by atoms with Crippen molar-refractivity contribution in [1.82, 2.24) is 10.3 Å². The molecule has 2 amide bonds. The topological polar surface area (TPSA) is 80.3 Å². The molecule has 6 nitrogen and oxygen atoms in total. The van der Waals surface area contributed by atoms with Gasteiger partial charge in [-0.1, -0.05) is 6.07 Å². The van der Waals surface area contributed by atoms with Crippen molar-refractivity contribution in [3.8, 4) is 0 Å². The number of rotatable bonds is 6. The van der Waals surface area contributed by atoms with Crippen molar-refractivity contribution >= 4 is 17.6 Å². The minimum absolute atomic E-state index is 0.168. The zero-order valence-corrected chi connectivity index (χ0v) is 12.1. The molecule has 0 saturated carbocycles. The lowest BCUT2D eigenvalue weighted by Crippen LogP contribution is -2.36. The Morgan fingerprint density at radius 1 is 1.30 bits per heavy atom. The lowest BCUT2D eigenvalue weighted by Gasteiger charge is -2.08. The average molecular weight is 279 g/mol. The Morgan fingerprint density at radius 3 is 2.65 bits per heavy atom. The van der Waals surface area contributed by atoms with Crippen molar-refractivity contribution in [2.45, 2.75) is 33.3 Å². The molecule has 0 radical (unpaired) electrons. The lowest BCUT2D eigenvalue weighted by molar-refractivity contribution is -0.136. The van der Waals surface area contributed by atoms with E-state index in [-0.39, 0.29) is 6.10 Å². The number of carbonyl (C=O) groups excluding carboxylic acids is 2. The zero-order chi connectivity index (χ0) is 15.0. The van der Waals surface area contributed by atoms with E-state index >= 15 is 0 Å². The number of pyridine rings is 1. The molecule has 20 heavy (non-hydrogen) atoms. The molecule has 0 aliphatic carbocycles. The van der Waals surface area contributed by atoms with Crippen LogP contribution in [0.2, 0.25) is 0 Å². The zero-order valence-electron chi connectivity index (χ0n) is 12.1. The van der Waals surface area contributed by atoms with Crippen molar-refractivity contribution in [1.29, 1.82) is 0 Å². The molecule has 110 valence electrons. The highest BCUT2D eigenvalue weighted by Crippen LogP contribution is 2.03. The van der Waals surface area contributed by atoms with Crippen LogP contribution in [0, 0.1) is 6.92 Å². The molecule has 1 rings (SSSR count). The smallest absolute Gasteiger partial charge is 0.314 e. The standard InChI is InChI=1S/C14H21N3O3/c1-10(2)20-8-4-7-15-13(18)14(19)17-12-6-5-11(3)9-16-12/h5-6,9-10H,4,7-8H2,1-3H3,(H,15,18)(H,16,17,19). The number of hydrogen-bond donors (Lipinski definition) is 2. The van der Waals surface area contributed by atoms with Crippen LogP contribution in [-0.2, 0) is 14.3 Å². The van der Waals surface area contributed by atoms with Gasteiger partial charge >= 0.3 is 11.8 Å². The monoisotopic (exact) mass is 279 g/mol. The molecule has 1 heterocycles. The van der Waals surface area contributed by atoms with Gasteiger partial charge in [0.25, 0.3) is 0 Å². The van der Waals surface area contributed by atoms with E-state index in [2.05, 4.69) is 15.6 Å². The van der Waals surface area contributed by atoms with E-state index in [1.165, 1.54) is 0 Å². The van der Waals surface area contributed by atoms with Gasteiger partial charge in [-0.25, -0.2) is 4.98 Å². The van der Waals surface area contributed by atoms with E-state index in [0.717, 1.165) is 5.56 Å². The number of hydrogen-bond acceptors (Lipinski definition) is 4. The Kier molecular flexibility index (Phi) is 6.66.